The van der Waals surface area contributed by atoms with Crippen molar-refractivity contribution in [2.24, 2.45) is 0 Å². The van der Waals surface area contributed by atoms with Gasteiger partial charge in [-0.2, -0.15) is 0 Å². The molecule has 0 saturated heterocycles. The molecule has 0 aromatic carbocycles. The van der Waals surface area contributed by atoms with Crippen molar-refractivity contribution in [1.29, 1.82) is 0 Å². The van der Waals surface area contributed by atoms with E-state index in [0.29, 0.717) is 6.61 Å². The van der Waals surface area contributed by atoms with Crippen molar-refractivity contribution in [3.63, 3.8) is 0 Å². The second-order valence-electron chi connectivity index (χ2n) is 7.92. The van der Waals surface area contributed by atoms with Crippen LogP contribution in [0.25, 0.3) is 0 Å². The van der Waals surface area contributed by atoms with Gasteiger partial charge in [-0.3, -0.25) is 4.58 Å². The molecule has 0 heterocycles. The van der Waals surface area contributed by atoms with Crippen LogP contribution in [0.1, 0.15) is 69.2 Å². The number of rotatable bonds is 3. The molecule has 0 aliphatic carbocycles. The maximum Gasteiger partial charge on any atom is 0.254 e. The summed E-state index contributed by atoms with van der Waals surface area (Å²) in [7, 11) is -2.14. The lowest BCUT2D eigenvalue weighted by molar-refractivity contribution is -0.224. The van der Waals surface area contributed by atoms with Crippen LogP contribution in [0.3, 0.4) is 0 Å². The molecular weight excluding hydrogens is 228 g/mol. The standard InChI is InChI=1S/C14H32O2Si/c1-11-15-16-17(12(2,3)4,13(5,6)7)14(8,9)10/h11H2,1-10H3. The van der Waals surface area contributed by atoms with E-state index in [0.717, 1.165) is 0 Å². The lowest BCUT2D eigenvalue weighted by atomic mass is 10.2. The molecule has 0 saturated carbocycles. The van der Waals surface area contributed by atoms with E-state index in [1.165, 1.54) is 0 Å². The van der Waals surface area contributed by atoms with Gasteiger partial charge >= 0.3 is 0 Å². The predicted octanol–water partition coefficient (Wildman–Crippen LogP) is 5.30. The summed E-state index contributed by atoms with van der Waals surface area (Å²) < 4.78 is 6.11. The Kier molecular flexibility index (Phi) is 5.06. The van der Waals surface area contributed by atoms with Gasteiger partial charge in [0.2, 0.25) is 0 Å². The lowest BCUT2D eigenvalue weighted by Gasteiger charge is -2.56. The van der Waals surface area contributed by atoms with Crippen molar-refractivity contribution in [3.05, 3.63) is 0 Å². The van der Waals surface area contributed by atoms with Crippen LogP contribution in [0.4, 0.5) is 0 Å². The maximum atomic E-state index is 6.11. The Morgan fingerprint density at radius 2 is 1.00 bits per heavy atom. The highest BCUT2D eigenvalue weighted by Crippen LogP contribution is 2.62. The SMILES string of the molecule is CCOO[Si](C(C)(C)C)(C(C)(C)C)C(C)(C)C. The molecule has 2 nitrogen and oxygen atoms in total. The Hall–Kier alpha value is 0.137. The fraction of sp³-hybridized carbons (Fsp3) is 1.00. The highest BCUT2D eigenvalue weighted by molar-refractivity contribution is 6.81. The second kappa shape index (κ2) is 5.02. The van der Waals surface area contributed by atoms with E-state index >= 15 is 0 Å². The third-order valence-corrected chi connectivity index (χ3v) is 10.2. The van der Waals surface area contributed by atoms with Gasteiger partial charge in [-0.05, 0) is 22.0 Å². The van der Waals surface area contributed by atoms with Crippen LogP contribution in [0.15, 0.2) is 0 Å². The summed E-state index contributed by atoms with van der Waals surface area (Å²) in [5.74, 6) is 0. The zero-order valence-electron chi connectivity index (χ0n) is 13.5. The van der Waals surface area contributed by atoms with Gasteiger partial charge in [0.05, 0.1) is 6.61 Å². The summed E-state index contributed by atoms with van der Waals surface area (Å²) in [6, 6.07) is 0. The van der Waals surface area contributed by atoms with Gasteiger partial charge in [-0.1, -0.05) is 62.3 Å². The highest BCUT2D eigenvalue weighted by atomic mass is 28.4. The normalized spacial score (nSPS) is 15.2. The summed E-state index contributed by atoms with van der Waals surface area (Å²) in [5, 5.41) is 0.371. The van der Waals surface area contributed by atoms with E-state index in [2.05, 4.69) is 62.3 Å². The van der Waals surface area contributed by atoms with Gasteiger partial charge in [0, 0.05) is 0 Å². The van der Waals surface area contributed by atoms with Crippen molar-refractivity contribution >= 4 is 8.32 Å². The van der Waals surface area contributed by atoms with Gasteiger partial charge in [0.1, 0.15) is 0 Å². The molecule has 0 radical (unpaired) electrons. The summed E-state index contributed by atoms with van der Waals surface area (Å²) in [5.41, 5.74) is 0. The Bertz CT molecular complexity index is 204. The molecule has 0 fully saturated rings. The molecule has 0 aliphatic heterocycles. The van der Waals surface area contributed by atoms with Crippen LogP contribution < -0.4 is 0 Å². The fourth-order valence-corrected chi connectivity index (χ4v) is 11.7. The molecule has 17 heavy (non-hydrogen) atoms. The van der Waals surface area contributed by atoms with Crippen LogP contribution in [0.5, 0.6) is 0 Å². The minimum absolute atomic E-state index is 0.124. The van der Waals surface area contributed by atoms with Gasteiger partial charge < -0.3 is 0 Å². The topological polar surface area (TPSA) is 18.5 Å². The summed E-state index contributed by atoms with van der Waals surface area (Å²) in [4.78, 5) is 5.44. The molecule has 0 aromatic heterocycles. The van der Waals surface area contributed by atoms with Gasteiger partial charge in [-0.15, -0.1) is 0 Å². The molecular formula is C14H32O2Si. The minimum atomic E-state index is -2.14. The van der Waals surface area contributed by atoms with Crippen LogP contribution in [0, 0.1) is 0 Å². The Balaban J connectivity index is 5.75. The van der Waals surface area contributed by atoms with Gasteiger partial charge in [0.15, 0.2) is 0 Å². The Labute approximate surface area is 109 Å². The van der Waals surface area contributed by atoms with E-state index in [9.17, 15) is 0 Å². The third kappa shape index (κ3) is 3.12. The molecule has 0 unspecified atom stereocenters. The first-order valence-electron chi connectivity index (χ1n) is 6.62. The van der Waals surface area contributed by atoms with E-state index in [-0.39, 0.29) is 15.1 Å². The zero-order valence-corrected chi connectivity index (χ0v) is 14.5. The molecule has 0 aliphatic rings. The second-order valence-corrected chi connectivity index (χ2v) is 14.0. The number of hydrogen-bond acceptors (Lipinski definition) is 2. The molecule has 0 N–H and O–H groups in total. The molecule has 0 bridgehead atoms. The van der Waals surface area contributed by atoms with E-state index in [1.807, 2.05) is 6.92 Å². The van der Waals surface area contributed by atoms with E-state index < -0.39 is 8.32 Å². The average Bonchev–Trinajstić information content (AvgIpc) is 1.96. The largest absolute Gasteiger partial charge is 0.285 e. The molecule has 0 rings (SSSR count). The quantitative estimate of drug-likeness (QED) is 0.389. The molecule has 104 valence electrons. The molecule has 0 aromatic rings. The first kappa shape index (κ1) is 17.1. The zero-order chi connectivity index (χ0) is 14.1. The predicted molar refractivity (Wildman–Crippen MR) is 77.6 cm³/mol. The van der Waals surface area contributed by atoms with Crippen LogP contribution in [-0.2, 0) is 9.46 Å². The molecule has 0 amide bonds. The van der Waals surface area contributed by atoms with Gasteiger partial charge in [-0.25, -0.2) is 4.89 Å². The van der Waals surface area contributed by atoms with Crippen LogP contribution in [-0.4, -0.2) is 14.9 Å². The first-order valence-corrected chi connectivity index (χ1v) is 8.52. The highest BCUT2D eigenvalue weighted by Gasteiger charge is 2.63. The van der Waals surface area contributed by atoms with E-state index in [4.69, 9.17) is 9.46 Å². The monoisotopic (exact) mass is 260 g/mol. The van der Waals surface area contributed by atoms with Crippen LogP contribution in [0.2, 0.25) is 15.1 Å². The lowest BCUT2D eigenvalue weighted by Crippen LogP contribution is -2.60. The summed E-state index contributed by atoms with van der Waals surface area (Å²) in [6.07, 6.45) is 0. The Morgan fingerprint density at radius 3 is 1.18 bits per heavy atom. The molecule has 0 spiro atoms. The minimum Gasteiger partial charge on any atom is -0.285 e. The van der Waals surface area contributed by atoms with Crippen molar-refractivity contribution < 1.29 is 9.46 Å². The summed E-state index contributed by atoms with van der Waals surface area (Å²) >= 11 is 0. The molecule has 3 heteroatoms. The van der Waals surface area contributed by atoms with Crippen molar-refractivity contribution in [1.82, 2.24) is 0 Å². The van der Waals surface area contributed by atoms with E-state index in [1.54, 1.807) is 0 Å². The Morgan fingerprint density at radius 1 is 0.706 bits per heavy atom. The van der Waals surface area contributed by atoms with Crippen molar-refractivity contribution in [2.45, 2.75) is 84.4 Å². The third-order valence-electron chi connectivity index (χ3n) is 3.47. The fourth-order valence-electron chi connectivity index (χ4n) is 3.90. The van der Waals surface area contributed by atoms with Crippen LogP contribution >= 0.6 is 0 Å². The van der Waals surface area contributed by atoms with Crippen molar-refractivity contribution in [3.8, 4) is 0 Å². The van der Waals surface area contributed by atoms with Gasteiger partial charge in [0.25, 0.3) is 8.32 Å². The molecule has 0 atom stereocenters. The van der Waals surface area contributed by atoms with Crippen molar-refractivity contribution in [2.75, 3.05) is 6.61 Å². The summed E-state index contributed by atoms with van der Waals surface area (Å²) in [6.45, 7) is 23.2. The first-order chi connectivity index (χ1) is 7.31. The maximum absolute atomic E-state index is 6.11. The smallest absolute Gasteiger partial charge is 0.254 e. The average molecular weight is 260 g/mol. The number of hydrogen-bond donors (Lipinski definition) is 0.